The lowest BCUT2D eigenvalue weighted by molar-refractivity contribution is -0.181. The highest BCUT2D eigenvalue weighted by Gasteiger charge is 2.54. The van der Waals surface area contributed by atoms with E-state index < -0.39 is 6.29 Å². The van der Waals surface area contributed by atoms with Gasteiger partial charge in [0, 0.05) is 13.0 Å². The Hall–Kier alpha value is -0.0800. The van der Waals surface area contributed by atoms with Gasteiger partial charge in [-0.25, -0.2) is 0 Å². The van der Waals surface area contributed by atoms with Crippen LogP contribution in [0, 0.1) is 29.1 Å². The summed E-state index contributed by atoms with van der Waals surface area (Å²) in [6.45, 7) is 2.20. The second kappa shape index (κ2) is 3.71. The number of aliphatic hydroxyl groups is 1. The molecule has 4 bridgehead atoms. The van der Waals surface area contributed by atoms with Crippen molar-refractivity contribution in [3.63, 3.8) is 0 Å². The monoisotopic (exact) mass is 224 g/mol. The van der Waals surface area contributed by atoms with Crippen molar-refractivity contribution in [3.05, 3.63) is 0 Å². The Balaban J connectivity index is 1.82. The van der Waals surface area contributed by atoms with E-state index in [4.69, 9.17) is 4.74 Å². The zero-order valence-electron chi connectivity index (χ0n) is 10.5. The van der Waals surface area contributed by atoms with E-state index in [9.17, 15) is 5.11 Å². The first-order chi connectivity index (χ1) is 7.63. The minimum Gasteiger partial charge on any atom is -0.368 e. The molecule has 0 amide bonds. The zero-order valence-corrected chi connectivity index (χ0v) is 10.5. The minimum absolute atomic E-state index is 0.311. The largest absolute Gasteiger partial charge is 0.368 e. The molecule has 16 heavy (non-hydrogen) atoms. The van der Waals surface area contributed by atoms with Crippen LogP contribution in [0.1, 0.15) is 45.4 Å². The van der Waals surface area contributed by atoms with Crippen LogP contribution < -0.4 is 0 Å². The van der Waals surface area contributed by atoms with Crippen molar-refractivity contribution in [2.75, 3.05) is 7.11 Å². The van der Waals surface area contributed by atoms with E-state index in [1.807, 2.05) is 0 Å². The second-order valence-electron chi connectivity index (χ2n) is 6.69. The summed E-state index contributed by atoms with van der Waals surface area (Å²) in [7, 11) is 1.63. The third kappa shape index (κ3) is 1.53. The average Bonchev–Trinajstić information content (AvgIpc) is 2.25. The summed E-state index contributed by atoms with van der Waals surface area (Å²) in [5.41, 5.74) is 0.407. The SMILES string of the molecule is COC(O)C(C)C12CC3CC(CC(C3)C1)C2. The van der Waals surface area contributed by atoms with Gasteiger partial charge in [-0.15, -0.1) is 0 Å². The predicted octanol–water partition coefficient (Wildman–Crippen LogP) is 2.80. The van der Waals surface area contributed by atoms with Crippen molar-refractivity contribution in [1.82, 2.24) is 0 Å². The second-order valence-corrected chi connectivity index (χ2v) is 6.69. The molecule has 0 heterocycles. The van der Waals surface area contributed by atoms with Gasteiger partial charge in [0.1, 0.15) is 0 Å². The molecule has 4 aliphatic rings. The maximum absolute atomic E-state index is 9.96. The van der Waals surface area contributed by atoms with Crippen molar-refractivity contribution in [2.45, 2.75) is 51.7 Å². The first-order valence-corrected chi connectivity index (χ1v) is 6.84. The molecule has 4 saturated carbocycles. The predicted molar refractivity (Wildman–Crippen MR) is 62.8 cm³/mol. The third-order valence-electron chi connectivity index (χ3n) is 5.72. The van der Waals surface area contributed by atoms with E-state index in [1.54, 1.807) is 7.11 Å². The van der Waals surface area contributed by atoms with Crippen LogP contribution in [0.2, 0.25) is 0 Å². The van der Waals surface area contributed by atoms with Crippen LogP contribution in [-0.2, 0) is 4.74 Å². The highest BCUT2D eigenvalue weighted by Crippen LogP contribution is 2.63. The normalized spacial score (nSPS) is 49.3. The topological polar surface area (TPSA) is 29.5 Å². The molecule has 2 heteroatoms. The Labute approximate surface area is 98.4 Å². The molecule has 4 fully saturated rings. The lowest BCUT2D eigenvalue weighted by atomic mass is 9.46. The maximum atomic E-state index is 9.96. The molecule has 92 valence electrons. The van der Waals surface area contributed by atoms with Crippen LogP contribution in [0.3, 0.4) is 0 Å². The molecule has 2 nitrogen and oxygen atoms in total. The fourth-order valence-electron chi connectivity index (χ4n) is 5.24. The van der Waals surface area contributed by atoms with Gasteiger partial charge in [0.2, 0.25) is 0 Å². The molecule has 0 aliphatic heterocycles. The fourth-order valence-corrected chi connectivity index (χ4v) is 5.24. The van der Waals surface area contributed by atoms with Gasteiger partial charge >= 0.3 is 0 Å². The molecule has 0 aromatic rings. The molecule has 0 aromatic heterocycles. The fraction of sp³-hybridized carbons (Fsp3) is 1.00. The van der Waals surface area contributed by atoms with Crippen molar-refractivity contribution >= 4 is 0 Å². The van der Waals surface area contributed by atoms with Gasteiger partial charge in [0.25, 0.3) is 0 Å². The summed E-state index contributed by atoms with van der Waals surface area (Å²) in [5.74, 6) is 3.18. The van der Waals surface area contributed by atoms with Crippen molar-refractivity contribution < 1.29 is 9.84 Å². The molecule has 1 N–H and O–H groups in total. The van der Waals surface area contributed by atoms with E-state index in [2.05, 4.69) is 6.92 Å². The third-order valence-corrected chi connectivity index (χ3v) is 5.72. The summed E-state index contributed by atoms with van der Waals surface area (Å²) in [5, 5.41) is 9.96. The van der Waals surface area contributed by atoms with Gasteiger partial charge in [0.05, 0.1) is 0 Å². The van der Waals surface area contributed by atoms with E-state index >= 15 is 0 Å². The summed E-state index contributed by atoms with van der Waals surface area (Å²) in [6.07, 6.45) is 7.89. The van der Waals surface area contributed by atoms with E-state index in [-0.39, 0.29) is 0 Å². The molecule has 0 radical (unpaired) electrons. The molecule has 4 aliphatic carbocycles. The Kier molecular flexibility index (Phi) is 2.56. The van der Waals surface area contributed by atoms with Crippen LogP contribution in [0.15, 0.2) is 0 Å². The summed E-state index contributed by atoms with van der Waals surface area (Å²) in [6, 6.07) is 0. The smallest absolute Gasteiger partial charge is 0.157 e. The van der Waals surface area contributed by atoms with E-state index in [0.29, 0.717) is 11.3 Å². The zero-order chi connectivity index (χ0) is 11.3. The molecular weight excluding hydrogens is 200 g/mol. The molecule has 2 atom stereocenters. The summed E-state index contributed by atoms with van der Waals surface area (Å²) >= 11 is 0. The number of methoxy groups -OCH3 is 1. The number of aliphatic hydroxyl groups excluding tert-OH is 1. The van der Waals surface area contributed by atoms with Gasteiger partial charge in [-0.05, 0) is 61.7 Å². The quantitative estimate of drug-likeness (QED) is 0.747. The first kappa shape index (κ1) is 11.0. The summed E-state index contributed by atoms with van der Waals surface area (Å²) in [4.78, 5) is 0. The van der Waals surface area contributed by atoms with Crippen LogP contribution >= 0.6 is 0 Å². The van der Waals surface area contributed by atoms with Crippen LogP contribution in [0.25, 0.3) is 0 Å². The Morgan fingerprint density at radius 3 is 1.88 bits per heavy atom. The minimum atomic E-state index is -0.559. The Bertz CT molecular complexity index is 239. The lowest BCUT2D eigenvalue weighted by Crippen LogP contribution is -2.51. The highest BCUT2D eigenvalue weighted by molar-refractivity contribution is 5.03. The number of hydrogen-bond donors (Lipinski definition) is 1. The Morgan fingerprint density at radius 1 is 1.06 bits per heavy atom. The molecule has 2 unspecified atom stereocenters. The molecule has 0 saturated heterocycles. The molecule has 4 rings (SSSR count). The van der Waals surface area contributed by atoms with Gasteiger partial charge in [0.15, 0.2) is 6.29 Å². The van der Waals surface area contributed by atoms with Crippen molar-refractivity contribution in [3.8, 4) is 0 Å². The van der Waals surface area contributed by atoms with Gasteiger partial charge < -0.3 is 9.84 Å². The number of hydrogen-bond acceptors (Lipinski definition) is 2. The van der Waals surface area contributed by atoms with Gasteiger partial charge in [-0.3, -0.25) is 0 Å². The summed E-state index contributed by atoms with van der Waals surface area (Å²) < 4.78 is 5.16. The molecule has 0 spiro atoms. The van der Waals surface area contributed by atoms with E-state index in [0.717, 1.165) is 17.8 Å². The Morgan fingerprint density at radius 2 is 1.50 bits per heavy atom. The molecular formula is C14H24O2. The standard InChI is InChI=1S/C14H24O2/c1-9(13(15)16-2)14-6-10-3-11(7-14)5-12(4-10)8-14/h9-13,15H,3-8H2,1-2H3. The van der Waals surface area contributed by atoms with Crippen molar-refractivity contribution in [1.29, 1.82) is 0 Å². The van der Waals surface area contributed by atoms with Gasteiger partial charge in [-0.2, -0.15) is 0 Å². The highest BCUT2D eigenvalue weighted by atomic mass is 16.6. The molecule has 0 aromatic carbocycles. The van der Waals surface area contributed by atoms with Crippen LogP contribution in [0.5, 0.6) is 0 Å². The van der Waals surface area contributed by atoms with Gasteiger partial charge in [-0.1, -0.05) is 6.92 Å². The number of ether oxygens (including phenoxy) is 1. The van der Waals surface area contributed by atoms with E-state index in [1.165, 1.54) is 38.5 Å². The first-order valence-electron chi connectivity index (χ1n) is 6.84. The average molecular weight is 224 g/mol. The number of rotatable bonds is 3. The lowest BCUT2D eigenvalue weighted by Gasteiger charge is -2.59. The van der Waals surface area contributed by atoms with Crippen molar-refractivity contribution in [2.24, 2.45) is 29.1 Å². The van der Waals surface area contributed by atoms with Crippen LogP contribution in [0.4, 0.5) is 0 Å². The maximum Gasteiger partial charge on any atom is 0.157 e. The van der Waals surface area contributed by atoms with Crippen LogP contribution in [-0.4, -0.2) is 18.5 Å².